The van der Waals surface area contributed by atoms with Crippen molar-refractivity contribution in [1.29, 1.82) is 5.26 Å². The molecular formula is C17H21NO. The van der Waals surface area contributed by atoms with Gasteiger partial charge in [-0.05, 0) is 68.1 Å². The quantitative estimate of drug-likeness (QED) is 0.897. The van der Waals surface area contributed by atoms with Gasteiger partial charge in [0.1, 0.15) is 0 Å². The van der Waals surface area contributed by atoms with E-state index in [9.17, 15) is 5.11 Å². The summed E-state index contributed by atoms with van der Waals surface area (Å²) in [6.07, 6.45) is 6.31. The summed E-state index contributed by atoms with van der Waals surface area (Å²) in [4.78, 5) is 0. The zero-order valence-electron chi connectivity index (χ0n) is 11.5. The Bertz CT molecular complexity index is 497. The molecule has 0 spiro atoms. The second-order valence-corrected chi connectivity index (χ2v) is 6.60. The predicted molar refractivity (Wildman–Crippen MR) is 74.3 cm³/mol. The Labute approximate surface area is 115 Å². The maximum atomic E-state index is 10.8. The number of hydrogen-bond acceptors (Lipinski definition) is 2. The van der Waals surface area contributed by atoms with Gasteiger partial charge in [-0.3, -0.25) is 0 Å². The molecule has 2 bridgehead atoms. The van der Waals surface area contributed by atoms with Crippen LogP contribution in [-0.4, -0.2) is 5.11 Å². The third kappa shape index (κ3) is 2.40. The van der Waals surface area contributed by atoms with Crippen LogP contribution >= 0.6 is 0 Å². The maximum Gasteiger partial charge on any atom is 0.0991 e. The zero-order valence-corrected chi connectivity index (χ0v) is 11.5. The number of rotatable bonds is 3. The minimum absolute atomic E-state index is 0.652. The van der Waals surface area contributed by atoms with Crippen molar-refractivity contribution in [2.45, 2.75) is 44.6 Å². The Hall–Kier alpha value is -1.33. The smallest absolute Gasteiger partial charge is 0.0991 e. The van der Waals surface area contributed by atoms with Crippen LogP contribution in [0.1, 0.15) is 50.2 Å². The molecule has 0 heterocycles. The predicted octanol–water partition coefficient (Wildman–Crippen LogP) is 3.59. The van der Waals surface area contributed by atoms with E-state index in [1.54, 1.807) is 12.1 Å². The molecule has 2 heteroatoms. The number of nitriles is 1. The Kier molecular flexibility index (Phi) is 3.11. The summed E-state index contributed by atoms with van der Waals surface area (Å²) >= 11 is 0. The van der Waals surface area contributed by atoms with Crippen LogP contribution < -0.4 is 0 Å². The second kappa shape index (κ2) is 4.65. The van der Waals surface area contributed by atoms with Crippen LogP contribution in [0.2, 0.25) is 0 Å². The standard InChI is InChI=1S/C17H21NO/c1-17(19,16-6-3-12(11-18)4-7-16)10-15-9-13-2-5-14(15)8-13/h3-4,6-7,13-15,19H,2,5,8-10H2,1H3. The van der Waals surface area contributed by atoms with E-state index < -0.39 is 5.60 Å². The van der Waals surface area contributed by atoms with Gasteiger partial charge in [0.05, 0.1) is 17.2 Å². The lowest BCUT2D eigenvalue weighted by Gasteiger charge is -2.31. The molecule has 2 nitrogen and oxygen atoms in total. The van der Waals surface area contributed by atoms with Gasteiger partial charge in [0.2, 0.25) is 0 Å². The average molecular weight is 255 g/mol. The molecule has 1 aromatic carbocycles. The van der Waals surface area contributed by atoms with Crippen molar-refractivity contribution in [2.24, 2.45) is 17.8 Å². The molecule has 19 heavy (non-hydrogen) atoms. The van der Waals surface area contributed by atoms with Crippen molar-refractivity contribution in [3.63, 3.8) is 0 Å². The van der Waals surface area contributed by atoms with Crippen LogP contribution in [0.5, 0.6) is 0 Å². The first-order valence-electron chi connectivity index (χ1n) is 7.31. The van der Waals surface area contributed by atoms with E-state index in [0.29, 0.717) is 11.5 Å². The Morgan fingerprint density at radius 3 is 2.53 bits per heavy atom. The van der Waals surface area contributed by atoms with Gasteiger partial charge < -0.3 is 5.11 Å². The van der Waals surface area contributed by atoms with Crippen molar-refractivity contribution < 1.29 is 5.11 Å². The molecule has 0 amide bonds. The minimum Gasteiger partial charge on any atom is -0.385 e. The number of aliphatic hydroxyl groups is 1. The number of benzene rings is 1. The van der Waals surface area contributed by atoms with E-state index in [2.05, 4.69) is 6.07 Å². The molecule has 2 fully saturated rings. The SMILES string of the molecule is CC(O)(CC1CC2CCC1C2)c1ccc(C#N)cc1. The normalized spacial score (nSPS) is 31.9. The third-order valence-corrected chi connectivity index (χ3v) is 5.18. The zero-order chi connectivity index (χ0) is 13.5. The Morgan fingerprint density at radius 2 is 2.00 bits per heavy atom. The van der Waals surface area contributed by atoms with Crippen LogP contribution in [-0.2, 0) is 5.60 Å². The van der Waals surface area contributed by atoms with E-state index in [1.807, 2.05) is 19.1 Å². The van der Waals surface area contributed by atoms with E-state index in [-0.39, 0.29) is 0 Å². The molecule has 2 saturated carbocycles. The highest BCUT2D eigenvalue weighted by Crippen LogP contribution is 2.51. The molecule has 0 aromatic heterocycles. The summed E-state index contributed by atoms with van der Waals surface area (Å²) in [6, 6.07) is 9.50. The van der Waals surface area contributed by atoms with Crippen molar-refractivity contribution in [3.8, 4) is 6.07 Å². The highest BCUT2D eigenvalue weighted by atomic mass is 16.3. The van der Waals surface area contributed by atoms with Gasteiger partial charge in [0.25, 0.3) is 0 Å². The molecule has 2 aliphatic carbocycles. The van der Waals surface area contributed by atoms with Gasteiger partial charge in [-0.1, -0.05) is 18.6 Å². The van der Waals surface area contributed by atoms with Crippen LogP contribution in [0.15, 0.2) is 24.3 Å². The fraction of sp³-hybridized carbons (Fsp3) is 0.588. The van der Waals surface area contributed by atoms with Crippen LogP contribution in [0.3, 0.4) is 0 Å². The summed E-state index contributed by atoms with van der Waals surface area (Å²) in [5, 5.41) is 19.6. The van der Waals surface area contributed by atoms with Crippen molar-refractivity contribution in [1.82, 2.24) is 0 Å². The first-order chi connectivity index (χ1) is 9.08. The Balaban J connectivity index is 1.73. The van der Waals surface area contributed by atoms with Gasteiger partial charge in [0.15, 0.2) is 0 Å². The van der Waals surface area contributed by atoms with Gasteiger partial charge in [-0.25, -0.2) is 0 Å². The van der Waals surface area contributed by atoms with Crippen LogP contribution in [0, 0.1) is 29.1 Å². The lowest BCUT2D eigenvalue weighted by Crippen LogP contribution is -2.27. The fourth-order valence-corrected chi connectivity index (χ4v) is 4.16. The van der Waals surface area contributed by atoms with Gasteiger partial charge >= 0.3 is 0 Å². The number of nitrogens with zero attached hydrogens (tertiary/aromatic N) is 1. The molecule has 0 aliphatic heterocycles. The highest BCUT2D eigenvalue weighted by molar-refractivity contribution is 5.33. The van der Waals surface area contributed by atoms with E-state index >= 15 is 0 Å². The molecule has 1 aromatic rings. The first kappa shape index (κ1) is 12.7. The van der Waals surface area contributed by atoms with E-state index in [0.717, 1.165) is 23.8 Å². The average Bonchev–Trinajstić information content (AvgIpc) is 3.00. The van der Waals surface area contributed by atoms with Gasteiger partial charge in [-0.2, -0.15) is 5.26 Å². The number of fused-ring (bicyclic) bond motifs is 2. The van der Waals surface area contributed by atoms with Crippen molar-refractivity contribution in [2.75, 3.05) is 0 Å². The molecule has 3 rings (SSSR count). The third-order valence-electron chi connectivity index (χ3n) is 5.18. The van der Waals surface area contributed by atoms with E-state index in [4.69, 9.17) is 5.26 Å². The topological polar surface area (TPSA) is 44.0 Å². The van der Waals surface area contributed by atoms with Crippen LogP contribution in [0.25, 0.3) is 0 Å². The van der Waals surface area contributed by atoms with Gasteiger partial charge in [-0.15, -0.1) is 0 Å². The molecule has 2 aliphatic rings. The molecule has 0 radical (unpaired) electrons. The molecular weight excluding hydrogens is 234 g/mol. The maximum absolute atomic E-state index is 10.8. The Morgan fingerprint density at radius 1 is 1.26 bits per heavy atom. The molecule has 4 atom stereocenters. The molecule has 100 valence electrons. The minimum atomic E-state index is -0.761. The monoisotopic (exact) mass is 255 g/mol. The summed E-state index contributed by atoms with van der Waals surface area (Å²) in [7, 11) is 0. The second-order valence-electron chi connectivity index (χ2n) is 6.60. The highest BCUT2D eigenvalue weighted by Gasteiger charge is 2.42. The van der Waals surface area contributed by atoms with Crippen LogP contribution in [0.4, 0.5) is 0 Å². The first-order valence-corrected chi connectivity index (χ1v) is 7.31. The van der Waals surface area contributed by atoms with Gasteiger partial charge in [0, 0.05) is 0 Å². The molecule has 1 N–H and O–H groups in total. The fourth-order valence-electron chi connectivity index (χ4n) is 4.16. The molecule has 0 saturated heterocycles. The van der Waals surface area contributed by atoms with E-state index in [1.165, 1.54) is 25.7 Å². The largest absolute Gasteiger partial charge is 0.385 e. The van der Waals surface area contributed by atoms with Crippen molar-refractivity contribution in [3.05, 3.63) is 35.4 Å². The number of hydrogen-bond donors (Lipinski definition) is 1. The summed E-state index contributed by atoms with van der Waals surface area (Å²) in [5.74, 6) is 2.45. The van der Waals surface area contributed by atoms with Crippen molar-refractivity contribution >= 4 is 0 Å². The lowest BCUT2D eigenvalue weighted by atomic mass is 9.78. The summed E-state index contributed by atoms with van der Waals surface area (Å²) in [5.41, 5.74) is 0.831. The summed E-state index contributed by atoms with van der Waals surface area (Å²) < 4.78 is 0. The lowest BCUT2D eigenvalue weighted by molar-refractivity contribution is 0.0204. The summed E-state index contributed by atoms with van der Waals surface area (Å²) in [6.45, 7) is 1.92. The molecule has 4 unspecified atom stereocenters.